The molecule has 0 radical (unpaired) electrons. The molecule has 2 N–H and O–H groups in total. The molecule has 3 nitrogen and oxygen atoms in total. The molecule has 0 spiro atoms. The molecular weight excluding hydrogens is 160 g/mol. The van der Waals surface area contributed by atoms with Crippen LogP contribution < -0.4 is 10.6 Å². The van der Waals surface area contributed by atoms with E-state index < -0.39 is 0 Å². The molecule has 0 atom stereocenters. The van der Waals surface area contributed by atoms with Gasteiger partial charge in [-0.1, -0.05) is 0 Å². The lowest BCUT2D eigenvalue weighted by molar-refractivity contribution is 0.0830. The fourth-order valence-corrected chi connectivity index (χ4v) is 0.650. The highest BCUT2D eigenvalue weighted by Gasteiger charge is 1.93. The van der Waals surface area contributed by atoms with E-state index in [-0.39, 0.29) is 0 Å². The Morgan fingerprint density at radius 2 is 2.18 bits per heavy atom. The minimum atomic E-state index is 0.292. The normalized spacial score (nSPS) is 9.82. The summed E-state index contributed by atoms with van der Waals surface area (Å²) < 4.78 is 5.29. The molecule has 0 saturated heterocycles. The van der Waals surface area contributed by atoms with Crippen LogP contribution in [0.2, 0.25) is 0 Å². The van der Waals surface area contributed by atoms with E-state index in [1.54, 1.807) is 7.05 Å². The highest BCUT2D eigenvalue weighted by molar-refractivity contribution is 7.80. The lowest BCUT2D eigenvalue weighted by Crippen LogP contribution is -2.34. The van der Waals surface area contributed by atoms with Crippen molar-refractivity contribution in [2.24, 2.45) is 0 Å². The summed E-state index contributed by atoms with van der Waals surface area (Å²) in [4.78, 5) is 0. The van der Waals surface area contributed by atoms with Crippen molar-refractivity contribution in [1.29, 1.82) is 0 Å². The molecule has 0 fully saturated rings. The van der Waals surface area contributed by atoms with Gasteiger partial charge in [0.15, 0.2) is 5.11 Å². The quantitative estimate of drug-likeness (QED) is 0.483. The minimum absolute atomic E-state index is 0.292. The van der Waals surface area contributed by atoms with Crippen molar-refractivity contribution in [3.8, 4) is 0 Å². The summed E-state index contributed by atoms with van der Waals surface area (Å²) in [5, 5.41) is 6.47. The van der Waals surface area contributed by atoms with Crippen LogP contribution in [0.5, 0.6) is 0 Å². The van der Waals surface area contributed by atoms with Crippen LogP contribution in [0.15, 0.2) is 0 Å². The van der Waals surface area contributed by atoms with Crippen LogP contribution in [-0.4, -0.2) is 31.4 Å². The monoisotopic (exact) mass is 176 g/mol. The van der Waals surface area contributed by atoms with E-state index in [0.717, 1.165) is 6.54 Å². The van der Waals surface area contributed by atoms with Crippen molar-refractivity contribution in [3.05, 3.63) is 0 Å². The van der Waals surface area contributed by atoms with Crippen molar-refractivity contribution >= 4 is 17.3 Å². The van der Waals surface area contributed by atoms with Gasteiger partial charge in [0, 0.05) is 13.6 Å². The first kappa shape index (κ1) is 10.7. The van der Waals surface area contributed by atoms with Gasteiger partial charge >= 0.3 is 0 Å². The van der Waals surface area contributed by atoms with Gasteiger partial charge in [0.1, 0.15) is 0 Å². The largest absolute Gasteiger partial charge is 0.377 e. The van der Waals surface area contributed by atoms with Crippen LogP contribution in [0, 0.1) is 0 Å². The summed E-state index contributed by atoms with van der Waals surface area (Å²) in [7, 11) is 1.79. The second-order valence-electron chi connectivity index (χ2n) is 2.43. The summed E-state index contributed by atoms with van der Waals surface area (Å²) in [5.74, 6) is 0. The molecule has 4 heteroatoms. The van der Waals surface area contributed by atoms with Crippen molar-refractivity contribution in [2.75, 3.05) is 20.2 Å². The predicted octanol–water partition coefficient (Wildman–Crippen LogP) is 0.505. The van der Waals surface area contributed by atoms with E-state index in [9.17, 15) is 0 Å². The summed E-state index contributed by atoms with van der Waals surface area (Å²) >= 11 is 4.86. The fourth-order valence-electron chi connectivity index (χ4n) is 0.548. The van der Waals surface area contributed by atoms with Crippen LogP contribution in [0.1, 0.15) is 13.8 Å². The minimum Gasteiger partial charge on any atom is -0.377 e. The number of hydrogen-bond acceptors (Lipinski definition) is 2. The van der Waals surface area contributed by atoms with Crippen molar-refractivity contribution < 1.29 is 4.74 Å². The number of hydrogen-bond donors (Lipinski definition) is 2. The Hall–Kier alpha value is -0.350. The number of thiocarbonyl (C=S) groups is 1. The topological polar surface area (TPSA) is 33.3 Å². The summed E-state index contributed by atoms with van der Waals surface area (Å²) in [6, 6.07) is 0. The Morgan fingerprint density at radius 1 is 1.55 bits per heavy atom. The van der Waals surface area contributed by atoms with Gasteiger partial charge in [0.25, 0.3) is 0 Å². The zero-order valence-corrected chi connectivity index (χ0v) is 8.12. The smallest absolute Gasteiger partial charge is 0.166 e. The molecule has 0 aromatic carbocycles. The molecular formula is C7H16N2OS. The zero-order valence-electron chi connectivity index (χ0n) is 7.31. The molecule has 11 heavy (non-hydrogen) atoms. The van der Waals surface area contributed by atoms with E-state index in [0.29, 0.717) is 17.8 Å². The number of ether oxygens (including phenoxy) is 1. The molecule has 0 aliphatic rings. The zero-order chi connectivity index (χ0) is 8.69. The molecule has 0 aliphatic heterocycles. The Morgan fingerprint density at radius 3 is 2.64 bits per heavy atom. The van der Waals surface area contributed by atoms with Gasteiger partial charge < -0.3 is 15.4 Å². The van der Waals surface area contributed by atoms with Crippen LogP contribution >= 0.6 is 12.2 Å². The summed E-state index contributed by atoms with van der Waals surface area (Å²) in [6.45, 7) is 5.48. The fraction of sp³-hybridized carbons (Fsp3) is 0.857. The van der Waals surface area contributed by atoms with Gasteiger partial charge in [-0.15, -0.1) is 0 Å². The second kappa shape index (κ2) is 6.37. The maximum absolute atomic E-state index is 5.29. The Bertz CT molecular complexity index is 117. The van der Waals surface area contributed by atoms with Crippen LogP contribution in [-0.2, 0) is 4.74 Å². The first-order valence-electron chi connectivity index (χ1n) is 3.74. The van der Waals surface area contributed by atoms with Gasteiger partial charge in [-0.05, 0) is 26.1 Å². The number of nitrogens with one attached hydrogen (secondary N) is 2. The molecule has 0 aromatic heterocycles. The van der Waals surface area contributed by atoms with Crippen molar-refractivity contribution in [1.82, 2.24) is 10.6 Å². The molecule has 0 rings (SSSR count). The van der Waals surface area contributed by atoms with Gasteiger partial charge in [-0.2, -0.15) is 0 Å². The van der Waals surface area contributed by atoms with E-state index >= 15 is 0 Å². The Kier molecular flexibility index (Phi) is 6.16. The lowest BCUT2D eigenvalue weighted by atomic mass is 10.5. The molecule has 0 saturated carbocycles. The third-order valence-electron chi connectivity index (χ3n) is 1.07. The molecule has 0 amide bonds. The van der Waals surface area contributed by atoms with E-state index in [1.807, 2.05) is 13.8 Å². The van der Waals surface area contributed by atoms with Gasteiger partial charge in [0.05, 0.1) is 12.7 Å². The van der Waals surface area contributed by atoms with Gasteiger partial charge in [-0.25, -0.2) is 0 Å². The molecule has 0 unspecified atom stereocenters. The molecule has 66 valence electrons. The van der Waals surface area contributed by atoms with Gasteiger partial charge in [0.2, 0.25) is 0 Å². The first-order chi connectivity index (χ1) is 5.16. The molecule has 0 heterocycles. The average molecular weight is 176 g/mol. The Balaban J connectivity index is 3.08. The summed E-state index contributed by atoms with van der Waals surface area (Å²) in [6.07, 6.45) is 0.292. The maximum Gasteiger partial charge on any atom is 0.166 e. The molecule has 0 bridgehead atoms. The van der Waals surface area contributed by atoms with E-state index in [2.05, 4.69) is 10.6 Å². The highest BCUT2D eigenvalue weighted by atomic mass is 32.1. The third-order valence-corrected chi connectivity index (χ3v) is 1.41. The lowest BCUT2D eigenvalue weighted by Gasteiger charge is -2.09. The third kappa shape index (κ3) is 7.55. The van der Waals surface area contributed by atoms with Crippen LogP contribution in [0.3, 0.4) is 0 Å². The van der Waals surface area contributed by atoms with E-state index in [4.69, 9.17) is 17.0 Å². The SMILES string of the molecule is CNC(=S)NCCOC(C)C. The van der Waals surface area contributed by atoms with Crippen molar-refractivity contribution in [2.45, 2.75) is 20.0 Å². The molecule has 0 aliphatic carbocycles. The van der Waals surface area contributed by atoms with E-state index in [1.165, 1.54) is 0 Å². The molecule has 0 aromatic rings. The predicted molar refractivity (Wildman–Crippen MR) is 50.7 cm³/mol. The highest BCUT2D eigenvalue weighted by Crippen LogP contribution is 1.84. The average Bonchev–Trinajstić information content (AvgIpc) is 1.97. The van der Waals surface area contributed by atoms with Crippen LogP contribution in [0.25, 0.3) is 0 Å². The Labute approximate surface area is 73.5 Å². The van der Waals surface area contributed by atoms with Crippen LogP contribution in [0.4, 0.5) is 0 Å². The standard InChI is InChI=1S/C7H16N2OS/c1-6(2)10-5-4-9-7(11)8-3/h6H,4-5H2,1-3H3,(H2,8,9,11). The summed E-state index contributed by atoms with van der Waals surface area (Å²) in [5.41, 5.74) is 0. The van der Waals surface area contributed by atoms with Gasteiger partial charge in [-0.3, -0.25) is 0 Å². The first-order valence-corrected chi connectivity index (χ1v) is 4.15. The number of rotatable bonds is 4. The maximum atomic E-state index is 5.29. The van der Waals surface area contributed by atoms with Crippen molar-refractivity contribution in [3.63, 3.8) is 0 Å². The second-order valence-corrected chi connectivity index (χ2v) is 2.83.